The summed E-state index contributed by atoms with van der Waals surface area (Å²) in [4.78, 5) is 2.60. The van der Waals surface area contributed by atoms with Crippen LogP contribution >= 0.6 is 0 Å². The minimum Gasteiger partial charge on any atom is -0.490 e. The van der Waals surface area contributed by atoms with Crippen LogP contribution in [0.2, 0.25) is 0 Å². The Balaban J connectivity index is 1.22. The van der Waals surface area contributed by atoms with E-state index in [2.05, 4.69) is 64.8 Å². The topological polar surface area (TPSA) is 24.5 Å². The van der Waals surface area contributed by atoms with Crippen molar-refractivity contribution in [1.82, 2.24) is 10.2 Å². The number of hydrogen-bond acceptors (Lipinski definition) is 3. The molecule has 2 fully saturated rings. The highest BCUT2D eigenvalue weighted by molar-refractivity contribution is 5.27. The summed E-state index contributed by atoms with van der Waals surface area (Å²) in [6, 6.07) is 19.7. The maximum absolute atomic E-state index is 6.12. The highest BCUT2D eigenvalue weighted by Gasteiger charge is 2.19. The first-order valence-electron chi connectivity index (χ1n) is 10.6. The van der Waals surface area contributed by atoms with Crippen molar-refractivity contribution in [3.8, 4) is 5.75 Å². The van der Waals surface area contributed by atoms with Crippen molar-refractivity contribution in [2.45, 2.75) is 44.8 Å². The monoisotopic (exact) mass is 364 g/mol. The molecule has 3 nitrogen and oxygen atoms in total. The Kier molecular flexibility index (Phi) is 6.44. The highest BCUT2D eigenvalue weighted by Crippen LogP contribution is 2.24. The van der Waals surface area contributed by atoms with Crippen molar-refractivity contribution in [2.24, 2.45) is 5.92 Å². The lowest BCUT2D eigenvalue weighted by molar-refractivity contribution is 0.162. The standard InChI is InChI=1S/C24H32N2O/c1-2-4-20(5-3-1)18-21-12-16-26(17-13-21)19-22-6-8-23(9-7-22)27-24-10-14-25-15-11-24/h1-9,21,24-25H,10-19H2. The molecular formula is C24H32N2O. The summed E-state index contributed by atoms with van der Waals surface area (Å²) in [6.45, 7) is 5.63. The van der Waals surface area contributed by atoms with Gasteiger partial charge in [-0.2, -0.15) is 0 Å². The van der Waals surface area contributed by atoms with E-state index in [1.54, 1.807) is 0 Å². The van der Waals surface area contributed by atoms with Crippen LogP contribution < -0.4 is 10.1 Å². The van der Waals surface area contributed by atoms with E-state index in [4.69, 9.17) is 4.74 Å². The molecule has 0 aliphatic carbocycles. The first-order chi connectivity index (χ1) is 13.3. The van der Waals surface area contributed by atoms with Gasteiger partial charge < -0.3 is 10.1 Å². The van der Waals surface area contributed by atoms with Gasteiger partial charge in [0.1, 0.15) is 11.9 Å². The molecule has 2 aliphatic heterocycles. The highest BCUT2D eigenvalue weighted by atomic mass is 16.5. The van der Waals surface area contributed by atoms with Gasteiger partial charge in [0, 0.05) is 6.54 Å². The lowest BCUT2D eigenvalue weighted by Gasteiger charge is -2.32. The van der Waals surface area contributed by atoms with Gasteiger partial charge in [0.25, 0.3) is 0 Å². The summed E-state index contributed by atoms with van der Waals surface area (Å²) in [5.74, 6) is 1.86. The van der Waals surface area contributed by atoms with Crippen LogP contribution in [-0.4, -0.2) is 37.2 Å². The van der Waals surface area contributed by atoms with E-state index in [-0.39, 0.29) is 0 Å². The molecule has 2 heterocycles. The average molecular weight is 365 g/mol. The van der Waals surface area contributed by atoms with Crippen LogP contribution in [-0.2, 0) is 13.0 Å². The number of benzene rings is 2. The van der Waals surface area contributed by atoms with Gasteiger partial charge in [0.05, 0.1) is 0 Å². The first kappa shape index (κ1) is 18.5. The van der Waals surface area contributed by atoms with Crippen LogP contribution in [0.1, 0.15) is 36.8 Å². The van der Waals surface area contributed by atoms with Crippen LogP contribution in [0.15, 0.2) is 54.6 Å². The quantitative estimate of drug-likeness (QED) is 0.828. The smallest absolute Gasteiger partial charge is 0.119 e. The number of rotatable bonds is 6. The molecule has 144 valence electrons. The third kappa shape index (κ3) is 5.57. The average Bonchev–Trinajstić information content (AvgIpc) is 2.73. The minimum atomic E-state index is 0.376. The number of ether oxygens (including phenoxy) is 1. The lowest BCUT2D eigenvalue weighted by atomic mass is 9.90. The Hall–Kier alpha value is -1.84. The Morgan fingerprint density at radius 3 is 2.22 bits per heavy atom. The zero-order valence-corrected chi connectivity index (χ0v) is 16.3. The molecule has 0 aromatic heterocycles. The molecule has 2 saturated heterocycles. The molecule has 0 radical (unpaired) electrons. The summed E-state index contributed by atoms with van der Waals surface area (Å²) in [5, 5.41) is 3.39. The molecule has 2 aromatic rings. The van der Waals surface area contributed by atoms with Gasteiger partial charge >= 0.3 is 0 Å². The summed E-state index contributed by atoms with van der Waals surface area (Å²) < 4.78 is 6.12. The third-order valence-electron chi connectivity index (χ3n) is 5.99. The maximum Gasteiger partial charge on any atom is 0.119 e. The predicted octanol–water partition coefficient (Wildman–Crippen LogP) is 4.27. The van der Waals surface area contributed by atoms with Crippen molar-refractivity contribution in [2.75, 3.05) is 26.2 Å². The molecule has 3 heteroatoms. The summed E-state index contributed by atoms with van der Waals surface area (Å²) in [7, 11) is 0. The molecule has 0 atom stereocenters. The lowest BCUT2D eigenvalue weighted by Crippen LogP contribution is -2.34. The van der Waals surface area contributed by atoms with Gasteiger partial charge in [0.15, 0.2) is 0 Å². The molecule has 0 saturated carbocycles. The van der Waals surface area contributed by atoms with Crippen molar-refractivity contribution < 1.29 is 4.74 Å². The number of likely N-dealkylation sites (tertiary alicyclic amines) is 1. The number of nitrogens with one attached hydrogen (secondary N) is 1. The van der Waals surface area contributed by atoms with E-state index >= 15 is 0 Å². The van der Waals surface area contributed by atoms with E-state index in [0.717, 1.165) is 44.1 Å². The molecule has 1 N–H and O–H groups in total. The van der Waals surface area contributed by atoms with Gasteiger partial charge in [-0.05, 0) is 87.5 Å². The molecular weight excluding hydrogens is 332 g/mol. The van der Waals surface area contributed by atoms with E-state index in [1.807, 2.05) is 0 Å². The van der Waals surface area contributed by atoms with Crippen LogP contribution in [0.25, 0.3) is 0 Å². The second kappa shape index (κ2) is 9.38. The Morgan fingerprint density at radius 2 is 1.52 bits per heavy atom. The fourth-order valence-corrected chi connectivity index (χ4v) is 4.33. The Bertz CT molecular complexity index is 671. The molecule has 0 unspecified atom stereocenters. The Labute approximate surface area is 163 Å². The number of piperidine rings is 2. The number of nitrogens with zero attached hydrogens (tertiary/aromatic N) is 1. The van der Waals surface area contributed by atoms with E-state index in [1.165, 1.54) is 43.5 Å². The van der Waals surface area contributed by atoms with Crippen LogP contribution in [0, 0.1) is 5.92 Å². The fourth-order valence-electron chi connectivity index (χ4n) is 4.33. The van der Waals surface area contributed by atoms with Crippen molar-refractivity contribution in [3.05, 3.63) is 65.7 Å². The summed E-state index contributed by atoms with van der Waals surface area (Å²) in [6.07, 6.45) is 6.45. The Morgan fingerprint density at radius 1 is 0.815 bits per heavy atom. The van der Waals surface area contributed by atoms with E-state index < -0.39 is 0 Å². The van der Waals surface area contributed by atoms with Crippen molar-refractivity contribution in [3.63, 3.8) is 0 Å². The van der Waals surface area contributed by atoms with Gasteiger partial charge in [-0.15, -0.1) is 0 Å². The SMILES string of the molecule is c1ccc(CC2CCN(Cc3ccc(OC4CCNCC4)cc3)CC2)cc1. The normalized spacial score (nSPS) is 19.9. The molecule has 0 bridgehead atoms. The van der Waals surface area contributed by atoms with E-state index in [0.29, 0.717) is 6.10 Å². The molecule has 2 aromatic carbocycles. The van der Waals surface area contributed by atoms with Gasteiger partial charge in [-0.3, -0.25) is 4.90 Å². The van der Waals surface area contributed by atoms with E-state index in [9.17, 15) is 0 Å². The molecule has 0 spiro atoms. The molecule has 2 aliphatic rings. The van der Waals surface area contributed by atoms with Crippen LogP contribution in [0.3, 0.4) is 0 Å². The second-order valence-corrected chi connectivity index (χ2v) is 8.12. The van der Waals surface area contributed by atoms with Crippen molar-refractivity contribution in [1.29, 1.82) is 0 Å². The van der Waals surface area contributed by atoms with Gasteiger partial charge in [0.2, 0.25) is 0 Å². The second-order valence-electron chi connectivity index (χ2n) is 8.12. The van der Waals surface area contributed by atoms with Crippen LogP contribution in [0.5, 0.6) is 5.75 Å². The minimum absolute atomic E-state index is 0.376. The fraction of sp³-hybridized carbons (Fsp3) is 0.500. The first-order valence-corrected chi connectivity index (χ1v) is 10.6. The van der Waals surface area contributed by atoms with Gasteiger partial charge in [-0.25, -0.2) is 0 Å². The summed E-state index contributed by atoms with van der Waals surface area (Å²) in [5.41, 5.74) is 2.88. The zero-order valence-electron chi connectivity index (χ0n) is 16.3. The van der Waals surface area contributed by atoms with Crippen molar-refractivity contribution >= 4 is 0 Å². The zero-order chi connectivity index (χ0) is 18.3. The van der Waals surface area contributed by atoms with Crippen LogP contribution in [0.4, 0.5) is 0 Å². The predicted molar refractivity (Wildman–Crippen MR) is 111 cm³/mol. The molecule has 4 rings (SSSR count). The van der Waals surface area contributed by atoms with Gasteiger partial charge in [-0.1, -0.05) is 42.5 Å². The molecule has 27 heavy (non-hydrogen) atoms. The third-order valence-corrected chi connectivity index (χ3v) is 5.99. The molecule has 0 amide bonds. The summed E-state index contributed by atoms with van der Waals surface area (Å²) >= 11 is 0. The number of hydrogen-bond donors (Lipinski definition) is 1. The maximum atomic E-state index is 6.12. The largest absolute Gasteiger partial charge is 0.490 e.